The predicted octanol–water partition coefficient (Wildman–Crippen LogP) is 5.49. The summed E-state index contributed by atoms with van der Waals surface area (Å²) >= 11 is 12.0. The zero-order chi connectivity index (χ0) is 17.8. The molecule has 0 spiro atoms. The summed E-state index contributed by atoms with van der Waals surface area (Å²) in [6, 6.07) is 11.5. The maximum Gasteiger partial charge on any atom is 0.198 e. The zero-order valence-corrected chi connectivity index (χ0v) is 15.6. The molecule has 0 aliphatic heterocycles. The van der Waals surface area contributed by atoms with E-state index in [1.165, 1.54) is 5.56 Å². The number of anilines is 1. The maximum atomic E-state index is 6.10. The second kappa shape index (κ2) is 7.98. The molecule has 2 aromatic carbocycles. The summed E-state index contributed by atoms with van der Waals surface area (Å²) in [5.74, 6) is 1.70. The highest BCUT2D eigenvalue weighted by Crippen LogP contribution is 2.28. The second-order valence-corrected chi connectivity index (χ2v) is 7.19. The Bertz CT molecular complexity index is 863. The number of fused-ring (bicyclic) bond motifs is 1. The molecule has 0 saturated carbocycles. The van der Waals surface area contributed by atoms with Crippen LogP contribution in [0.2, 0.25) is 10.0 Å². The van der Waals surface area contributed by atoms with Gasteiger partial charge in [-0.05, 0) is 61.1 Å². The van der Waals surface area contributed by atoms with E-state index in [1.54, 1.807) is 18.2 Å². The summed E-state index contributed by atoms with van der Waals surface area (Å²) in [6.07, 6.45) is 3.06. The van der Waals surface area contributed by atoms with Gasteiger partial charge in [0.2, 0.25) is 0 Å². The molecule has 0 saturated heterocycles. The van der Waals surface area contributed by atoms with Crippen molar-refractivity contribution in [2.75, 3.05) is 12.3 Å². The van der Waals surface area contributed by atoms with Crippen LogP contribution in [0.25, 0.3) is 11.0 Å². The molecule has 4 nitrogen and oxygen atoms in total. The SMILES string of the molecule is CC(CCCOc1ccc(Cl)cc1Cl)Cc1ccc2nc(N)[nH]c2c1. The number of hydrogen-bond acceptors (Lipinski definition) is 3. The zero-order valence-electron chi connectivity index (χ0n) is 14.1. The second-order valence-electron chi connectivity index (χ2n) is 6.35. The topological polar surface area (TPSA) is 63.9 Å². The van der Waals surface area contributed by atoms with Crippen LogP contribution in [0, 0.1) is 5.92 Å². The summed E-state index contributed by atoms with van der Waals surface area (Å²) in [6.45, 7) is 2.89. The molecule has 0 aliphatic carbocycles. The summed E-state index contributed by atoms with van der Waals surface area (Å²) in [5, 5.41) is 1.16. The van der Waals surface area contributed by atoms with E-state index < -0.39 is 0 Å². The van der Waals surface area contributed by atoms with Gasteiger partial charge in [0, 0.05) is 5.02 Å². The fraction of sp³-hybridized carbons (Fsp3) is 0.316. The van der Waals surface area contributed by atoms with Crippen molar-refractivity contribution in [3.8, 4) is 5.75 Å². The molecule has 0 amide bonds. The van der Waals surface area contributed by atoms with Crippen LogP contribution in [-0.4, -0.2) is 16.6 Å². The molecule has 1 atom stereocenters. The van der Waals surface area contributed by atoms with Crippen LogP contribution < -0.4 is 10.5 Å². The number of H-pyrrole nitrogens is 1. The number of benzene rings is 2. The number of halogens is 2. The van der Waals surface area contributed by atoms with E-state index in [0.29, 0.717) is 34.3 Å². The van der Waals surface area contributed by atoms with Gasteiger partial charge in [-0.25, -0.2) is 4.98 Å². The first kappa shape index (κ1) is 17.9. The van der Waals surface area contributed by atoms with E-state index in [2.05, 4.69) is 29.0 Å². The monoisotopic (exact) mass is 377 g/mol. The van der Waals surface area contributed by atoms with Crippen molar-refractivity contribution in [3.05, 3.63) is 52.0 Å². The average Bonchev–Trinajstić information content (AvgIpc) is 2.92. The minimum atomic E-state index is 0.457. The smallest absolute Gasteiger partial charge is 0.198 e. The van der Waals surface area contributed by atoms with Gasteiger partial charge in [0.15, 0.2) is 5.95 Å². The van der Waals surface area contributed by atoms with E-state index >= 15 is 0 Å². The summed E-state index contributed by atoms with van der Waals surface area (Å²) in [7, 11) is 0. The summed E-state index contributed by atoms with van der Waals surface area (Å²) in [4.78, 5) is 7.30. The molecule has 3 rings (SSSR count). The maximum absolute atomic E-state index is 6.10. The number of aromatic amines is 1. The van der Waals surface area contributed by atoms with E-state index in [9.17, 15) is 0 Å². The lowest BCUT2D eigenvalue weighted by molar-refractivity contribution is 0.295. The van der Waals surface area contributed by atoms with E-state index in [1.807, 2.05) is 6.07 Å². The first-order valence-electron chi connectivity index (χ1n) is 8.33. The highest BCUT2D eigenvalue weighted by Gasteiger charge is 2.07. The van der Waals surface area contributed by atoms with Crippen LogP contribution in [0.5, 0.6) is 5.75 Å². The Morgan fingerprint density at radius 3 is 2.84 bits per heavy atom. The Balaban J connectivity index is 1.46. The Kier molecular flexibility index (Phi) is 5.71. The molecule has 1 unspecified atom stereocenters. The molecule has 132 valence electrons. The molecule has 1 heterocycles. The van der Waals surface area contributed by atoms with Crippen LogP contribution >= 0.6 is 23.2 Å². The van der Waals surface area contributed by atoms with Gasteiger partial charge in [-0.1, -0.05) is 36.2 Å². The van der Waals surface area contributed by atoms with Gasteiger partial charge in [-0.2, -0.15) is 0 Å². The molecule has 0 aliphatic rings. The standard InChI is InChI=1S/C19H21Cl2N3O/c1-12(3-2-8-25-18-7-5-14(20)11-15(18)21)9-13-4-6-16-17(10-13)24-19(22)23-16/h4-7,10-12H,2-3,8-9H2,1H3,(H3,22,23,24). The van der Waals surface area contributed by atoms with Crippen LogP contribution in [0.1, 0.15) is 25.3 Å². The van der Waals surface area contributed by atoms with E-state index in [0.717, 1.165) is 30.3 Å². The lowest BCUT2D eigenvalue weighted by Gasteiger charge is -2.13. The molecule has 3 N–H and O–H groups in total. The minimum Gasteiger partial charge on any atom is -0.492 e. The lowest BCUT2D eigenvalue weighted by Crippen LogP contribution is -2.04. The van der Waals surface area contributed by atoms with Crippen LogP contribution in [-0.2, 0) is 6.42 Å². The van der Waals surface area contributed by atoms with Gasteiger partial charge in [-0.3, -0.25) is 0 Å². The number of nitrogens with zero attached hydrogens (tertiary/aromatic N) is 1. The molecular weight excluding hydrogens is 357 g/mol. The van der Waals surface area contributed by atoms with Crippen molar-refractivity contribution >= 4 is 40.2 Å². The van der Waals surface area contributed by atoms with Crippen LogP contribution in [0.3, 0.4) is 0 Å². The highest BCUT2D eigenvalue weighted by molar-refractivity contribution is 6.35. The van der Waals surface area contributed by atoms with Crippen molar-refractivity contribution < 1.29 is 4.74 Å². The van der Waals surface area contributed by atoms with Gasteiger partial charge < -0.3 is 15.5 Å². The third kappa shape index (κ3) is 4.80. The number of nitrogens with one attached hydrogen (secondary N) is 1. The lowest BCUT2D eigenvalue weighted by atomic mass is 9.96. The molecule has 3 aromatic rings. The molecule has 25 heavy (non-hydrogen) atoms. The number of imidazole rings is 1. The Hall–Kier alpha value is -1.91. The third-order valence-corrected chi connectivity index (χ3v) is 4.67. The van der Waals surface area contributed by atoms with E-state index in [-0.39, 0.29) is 0 Å². The van der Waals surface area contributed by atoms with Crippen molar-refractivity contribution in [2.45, 2.75) is 26.2 Å². The molecule has 6 heteroatoms. The Labute approximate surface area is 157 Å². The Morgan fingerprint density at radius 1 is 1.20 bits per heavy atom. The number of nitrogen functional groups attached to an aromatic ring is 1. The van der Waals surface area contributed by atoms with Gasteiger partial charge in [0.1, 0.15) is 5.75 Å². The molecule has 0 radical (unpaired) electrons. The van der Waals surface area contributed by atoms with Crippen molar-refractivity contribution in [3.63, 3.8) is 0 Å². The Morgan fingerprint density at radius 2 is 2.04 bits per heavy atom. The van der Waals surface area contributed by atoms with Crippen molar-refractivity contribution in [2.24, 2.45) is 5.92 Å². The summed E-state index contributed by atoms with van der Waals surface area (Å²) in [5.41, 5.74) is 8.87. The molecular formula is C19H21Cl2N3O. The first-order valence-corrected chi connectivity index (χ1v) is 9.09. The molecule has 0 bridgehead atoms. The number of hydrogen-bond donors (Lipinski definition) is 2. The first-order chi connectivity index (χ1) is 12.0. The third-order valence-electron chi connectivity index (χ3n) is 4.14. The number of nitrogens with two attached hydrogens (primary N) is 1. The average molecular weight is 378 g/mol. The quantitative estimate of drug-likeness (QED) is 0.535. The fourth-order valence-electron chi connectivity index (χ4n) is 2.91. The van der Waals surface area contributed by atoms with Crippen molar-refractivity contribution in [1.82, 2.24) is 9.97 Å². The molecule has 1 aromatic heterocycles. The number of aromatic nitrogens is 2. The van der Waals surface area contributed by atoms with Gasteiger partial charge >= 0.3 is 0 Å². The number of ether oxygens (including phenoxy) is 1. The van der Waals surface area contributed by atoms with Crippen LogP contribution in [0.4, 0.5) is 5.95 Å². The fourth-order valence-corrected chi connectivity index (χ4v) is 3.38. The van der Waals surface area contributed by atoms with E-state index in [4.69, 9.17) is 33.7 Å². The van der Waals surface area contributed by atoms with Gasteiger partial charge in [-0.15, -0.1) is 0 Å². The van der Waals surface area contributed by atoms with Gasteiger partial charge in [0.05, 0.1) is 22.7 Å². The van der Waals surface area contributed by atoms with Crippen molar-refractivity contribution in [1.29, 1.82) is 0 Å². The minimum absolute atomic E-state index is 0.457. The van der Waals surface area contributed by atoms with Gasteiger partial charge in [0.25, 0.3) is 0 Å². The summed E-state index contributed by atoms with van der Waals surface area (Å²) < 4.78 is 5.74. The number of rotatable bonds is 7. The van der Waals surface area contributed by atoms with Crippen LogP contribution in [0.15, 0.2) is 36.4 Å². The normalized spacial score (nSPS) is 12.4. The predicted molar refractivity (Wildman–Crippen MR) is 105 cm³/mol. The molecule has 0 fully saturated rings. The largest absolute Gasteiger partial charge is 0.492 e. The highest BCUT2D eigenvalue weighted by atomic mass is 35.5.